The van der Waals surface area contributed by atoms with Crippen LogP contribution in [0.1, 0.15) is 13.3 Å². The average Bonchev–Trinajstić information content (AvgIpc) is 3.08. The smallest absolute Gasteiger partial charge is 0.309 e. The first kappa shape index (κ1) is 13.3. The Kier molecular flexibility index (Phi) is 4.22. The highest BCUT2D eigenvalue weighted by molar-refractivity contribution is 9.10. The van der Waals surface area contributed by atoms with E-state index in [1.807, 2.05) is 0 Å². The van der Waals surface area contributed by atoms with Gasteiger partial charge in [-0.25, -0.2) is 4.39 Å². The molecule has 18 heavy (non-hydrogen) atoms. The second kappa shape index (κ2) is 5.69. The second-order valence-electron chi connectivity index (χ2n) is 4.24. The summed E-state index contributed by atoms with van der Waals surface area (Å²) in [6.07, 6.45) is 0.761. The van der Waals surface area contributed by atoms with Gasteiger partial charge >= 0.3 is 5.97 Å². The molecule has 0 aliphatic heterocycles. The molecule has 1 aromatic carbocycles. The standard InChI is InChI=1S/C13H14BrFO3/c1-2-17-13(16)10-5-8(10)7-18-12-4-3-9(14)6-11(12)15/h3-4,6,8,10H,2,5,7H2,1H3/t8-,10+/m0/s1. The predicted molar refractivity (Wildman–Crippen MR) is 67.8 cm³/mol. The van der Waals surface area contributed by atoms with Crippen LogP contribution in [0.5, 0.6) is 5.75 Å². The summed E-state index contributed by atoms with van der Waals surface area (Å²) in [6.45, 7) is 2.52. The molecule has 5 heteroatoms. The zero-order valence-corrected chi connectivity index (χ0v) is 11.6. The molecule has 0 aromatic heterocycles. The van der Waals surface area contributed by atoms with Crippen molar-refractivity contribution in [3.05, 3.63) is 28.5 Å². The predicted octanol–water partition coefficient (Wildman–Crippen LogP) is 3.17. The third-order valence-electron chi connectivity index (χ3n) is 2.86. The molecule has 0 unspecified atom stereocenters. The summed E-state index contributed by atoms with van der Waals surface area (Å²) in [6, 6.07) is 4.64. The second-order valence-corrected chi connectivity index (χ2v) is 5.16. The first-order valence-corrected chi connectivity index (χ1v) is 6.65. The minimum atomic E-state index is -0.405. The maximum absolute atomic E-state index is 13.5. The van der Waals surface area contributed by atoms with Crippen LogP contribution in [-0.2, 0) is 9.53 Å². The Hall–Kier alpha value is -1.10. The number of esters is 1. The Labute approximate surface area is 113 Å². The fraction of sp³-hybridized carbons (Fsp3) is 0.462. The lowest BCUT2D eigenvalue weighted by Gasteiger charge is -2.07. The molecule has 1 aliphatic rings. The van der Waals surface area contributed by atoms with Gasteiger partial charge in [-0.05, 0) is 31.5 Å². The van der Waals surface area contributed by atoms with Crippen molar-refractivity contribution in [2.24, 2.45) is 11.8 Å². The Morgan fingerprint density at radius 1 is 1.56 bits per heavy atom. The Morgan fingerprint density at radius 2 is 2.33 bits per heavy atom. The maximum Gasteiger partial charge on any atom is 0.309 e. The number of benzene rings is 1. The van der Waals surface area contributed by atoms with E-state index in [9.17, 15) is 9.18 Å². The molecular formula is C13H14BrFO3. The molecule has 0 amide bonds. The van der Waals surface area contributed by atoms with Crippen LogP contribution in [0.2, 0.25) is 0 Å². The fourth-order valence-corrected chi connectivity index (χ4v) is 2.09. The normalized spacial score (nSPS) is 21.5. The lowest BCUT2D eigenvalue weighted by atomic mass is 10.3. The topological polar surface area (TPSA) is 35.5 Å². The van der Waals surface area contributed by atoms with Gasteiger partial charge in [0.05, 0.1) is 19.1 Å². The molecule has 1 aromatic rings. The summed E-state index contributed by atoms with van der Waals surface area (Å²) in [5.41, 5.74) is 0. The fourth-order valence-electron chi connectivity index (χ4n) is 1.76. The van der Waals surface area contributed by atoms with Gasteiger partial charge in [-0.2, -0.15) is 0 Å². The number of halogens is 2. The van der Waals surface area contributed by atoms with E-state index in [2.05, 4.69) is 15.9 Å². The number of hydrogen-bond donors (Lipinski definition) is 0. The Bertz CT molecular complexity index is 450. The van der Waals surface area contributed by atoms with Crippen LogP contribution < -0.4 is 4.74 Å². The first-order valence-electron chi connectivity index (χ1n) is 5.86. The maximum atomic E-state index is 13.5. The van der Waals surface area contributed by atoms with Crippen molar-refractivity contribution in [1.29, 1.82) is 0 Å². The molecule has 1 saturated carbocycles. The van der Waals surface area contributed by atoms with Crippen molar-refractivity contribution in [3.8, 4) is 5.75 Å². The number of ether oxygens (including phenoxy) is 2. The number of carbonyl (C=O) groups is 1. The largest absolute Gasteiger partial charge is 0.490 e. The zero-order chi connectivity index (χ0) is 13.1. The highest BCUT2D eigenvalue weighted by Crippen LogP contribution is 2.40. The van der Waals surface area contributed by atoms with Gasteiger partial charge in [0.1, 0.15) is 0 Å². The van der Waals surface area contributed by atoms with Crippen LogP contribution in [0, 0.1) is 17.7 Å². The molecule has 1 fully saturated rings. The Morgan fingerprint density at radius 3 is 3.00 bits per heavy atom. The van der Waals surface area contributed by atoms with E-state index in [1.165, 1.54) is 6.07 Å². The van der Waals surface area contributed by atoms with Gasteiger partial charge < -0.3 is 9.47 Å². The summed E-state index contributed by atoms with van der Waals surface area (Å²) in [5, 5.41) is 0. The van der Waals surface area contributed by atoms with E-state index >= 15 is 0 Å². The van der Waals surface area contributed by atoms with Crippen molar-refractivity contribution in [1.82, 2.24) is 0 Å². The highest BCUT2D eigenvalue weighted by atomic mass is 79.9. The van der Waals surface area contributed by atoms with Gasteiger partial charge in [0.25, 0.3) is 0 Å². The monoisotopic (exact) mass is 316 g/mol. The molecule has 1 aliphatic carbocycles. The van der Waals surface area contributed by atoms with Crippen LogP contribution in [-0.4, -0.2) is 19.2 Å². The molecular weight excluding hydrogens is 303 g/mol. The molecule has 0 bridgehead atoms. The first-order chi connectivity index (χ1) is 8.61. The third kappa shape index (κ3) is 3.22. The zero-order valence-electron chi connectivity index (χ0n) is 9.99. The Balaban J connectivity index is 1.81. The molecule has 2 rings (SSSR count). The minimum absolute atomic E-state index is 0.0801. The number of hydrogen-bond acceptors (Lipinski definition) is 3. The quantitative estimate of drug-likeness (QED) is 0.783. The lowest BCUT2D eigenvalue weighted by molar-refractivity contribution is -0.145. The molecule has 0 saturated heterocycles. The molecule has 0 spiro atoms. The van der Waals surface area contributed by atoms with Crippen LogP contribution in [0.4, 0.5) is 4.39 Å². The van der Waals surface area contributed by atoms with Crippen molar-refractivity contribution in [3.63, 3.8) is 0 Å². The van der Waals surface area contributed by atoms with E-state index in [4.69, 9.17) is 9.47 Å². The SMILES string of the molecule is CCOC(=O)[C@@H]1C[C@H]1COc1ccc(Br)cc1F. The number of carbonyl (C=O) groups excluding carboxylic acids is 1. The minimum Gasteiger partial charge on any atom is -0.490 e. The van der Waals surface area contributed by atoms with Gasteiger partial charge in [0.2, 0.25) is 0 Å². The molecule has 0 N–H and O–H groups in total. The molecule has 0 radical (unpaired) electrons. The third-order valence-corrected chi connectivity index (χ3v) is 3.35. The van der Waals surface area contributed by atoms with E-state index in [0.29, 0.717) is 17.7 Å². The van der Waals surface area contributed by atoms with Gasteiger partial charge in [-0.15, -0.1) is 0 Å². The molecule has 3 nitrogen and oxygen atoms in total. The number of rotatable bonds is 5. The van der Waals surface area contributed by atoms with Gasteiger partial charge in [-0.3, -0.25) is 4.79 Å². The highest BCUT2D eigenvalue weighted by Gasteiger charge is 2.44. The van der Waals surface area contributed by atoms with Crippen LogP contribution in [0.25, 0.3) is 0 Å². The lowest BCUT2D eigenvalue weighted by Crippen LogP contribution is -2.10. The van der Waals surface area contributed by atoms with Crippen LogP contribution in [0.3, 0.4) is 0 Å². The summed E-state index contributed by atoms with van der Waals surface area (Å²) >= 11 is 3.18. The summed E-state index contributed by atoms with van der Waals surface area (Å²) in [4.78, 5) is 11.4. The molecule has 2 atom stereocenters. The average molecular weight is 317 g/mol. The van der Waals surface area contributed by atoms with E-state index in [-0.39, 0.29) is 23.6 Å². The van der Waals surface area contributed by atoms with Gasteiger partial charge in [0.15, 0.2) is 11.6 Å². The summed E-state index contributed by atoms with van der Waals surface area (Å²) in [5.74, 6) is -0.302. The summed E-state index contributed by atoms with van der Waals surface area (Å²) in [7, 11) is 0. The molecule has 98 valence electrons. The van der Waals surface area contributed by atoms with Crippen LogP contribution in [0.15, 0.2) is 22.7 Å². The van der Waals surface area contributed by atoms with Crippen molar-refractivity contribution < 1.29 is 18.7 Å². The van der Waals surface area contributed by atoms with Crippen molar-refractivity contribution in [2.45, 2.75) is 13.3 Å². The van der Waals surface area contributed by atoms with Gasteiger partial charge in [0, 0.05) is 10.4 Å². The van der Waals surface area contributed by atoms with E-state index in [1.54, 1.807) is 19.1 Å². The van der Waals surface area contributed by atoms with Crippen LogP contribution >= 0.6 is 15.9 Å². The molecule has 0 heterocycles. The van der Waals surface area contributed by atoms with E-state index < -0.39 is 5.82 Å². The summed E-state index contributed by atoms with van der Waals surface area (Å²) < 4.78 is 24.4. The van der Waals surface area contributed by atoms with Gasteiger partial charge in [-0.1, -0.05) is 15.9 Å². The van der Waals surface area contributed by atoms with Crippen molar-refractivity contribution >= 4 is 21.9 Å². The van der Waals surface area contributed by atoms with Crippen molar-refractivity contribution in [2.75, 3.05) is 13.2 Å². The van der Waals surface area contributed by atoms with E-state index in [0.717, 1.165) is 6.42 Å².